The van der Waals surface area contributed by atoms with E-state index in [4.69, 9.17) is 0 Å². The largest absolute Gasteiger partial charge is 0.351 e. The number of hydrogen-bond donors (Lipinski definition) is 1. The zero-order chi connectivity index (χ0) is 21.0. The lowest BCUT2D eigenvalue weighted by molar-refractivity contribution is -0.122. The number of sulfone groups is 1. The molecule has 0 saturated carbocycles. The second kappa shape index (κ2) is 9.58. The van der Waals surface area contributed by atoms with E-state index in [0.29, 0.717) is 13.0 Å². The minimum absolute atomic E-state index is 0.0507. The number of nitrogens with one attached hydrogen (secondary N) is 1. The maximum atomic E-state index is 12.2. The number of hydrogen-bond acceptors (Lipinski definition) is 5. The number of carbonyl (C=O) groups is 1. The molecule has 2 aliphatic heterocycles. The second-order valence-electron chi connectivity index (χ2n) is 9.21. The van der Waals surface area contributed by atoms with Crippen molar-refractivity contribution in [2.45, 2.75) is 45.8 Å². The summed E-state index contributed by atoms with van der Waals surface area (Å²) in [6.45, 7) is 8.69. The molecule has 1 aromatic carbocycles. The lowest BCUT2D eigenvalue weighted by Gasteiger charge is -2.35. The molecule has 3 rings (SSSR count). The standard InChI is InChI=1S/C22H35N3O3S/c1-17-10-18(2)13-25(12-17)14-20-6-4-19(5-7-20)11-23-22(26)15-24(3)21-8-9-29(27,28)16-21/h4-7,17-18,21H,8-16H2,1-3H3,(H,23,26). The number of likely N-dealkylation sites (N-methyl/N-ethyl adjacent to an activating group) is 1. The highest BCUT2D eigenvalue weighted by Gasteiger charge is 2.31. The third kappa shape index (κ3) is 6.79. The summed E-state index contributed by atoms with van der Waals surface area (Å²) in [5, 5.41) is 2.95. The Bertz CT molecular complexity index is 784. The molecule has 0 radical (unpaired) electrons. The van der Waals surface area contributed by atoms with Gasteiger partial charge in [0.25, 0.3) is 0 Å². The van der Waals surface area contributed by atoms with Gasteiger partial charge in [0.1, 0.15) is 0 Å². The number of benzene rings is 1. The first kappa shape index (κ1) is 22.2. The molecule has 0 spiro atoms. The summed E-state index contributed by atoms with van der Waals surface area (Å²) in [4.78, 5) is 16.6. The van der Waals surface area contributed by atoms with Crippen molar-refractivity contribution in [2.24, 2.45) is 11.8 Å². The molecule has 162 valence electrons. The molecule has 0 bridgehead atoms. The van der Waals surface area contributed by atoms with Crippen molar-refractivity contribution >= 4 is 15.7 Å². The van der Waals surface area contributed by atoms with Crippen molar-refractivity contribution in [1.82, 2.24) is 15.1 Å². The van der Waals surface area contributed by atoms with Crippen LogP contribution in [0.2, 0.25) is 0 Å². The Kier molecular flexibility index (Phi) is 7.35. The van der Waals surface area contributed by atoms with Crippen molar-refractivity contribution < 1.29 is 13.2 Å². The quantitative estimate of drug-likeness (QED) is 0.728. The lowest BCUT2D eigenvalue weighted by Crippen LogP contribution is -2.41. The Labute approximate surface area is 175 Å². The van der Waals surface area contributed by atoms with Crippen molar-refractivity contribution in [3.63, 3.8) is 0 Å². The van der Waals surface area contributed by atoms with Crippen molar-refractivity contribution in [3.8, 4) is 0 Å². The summed E-state index contributed by atoms with van der Waals surface area (Å²) in [6.07, 6.45) is 1.93. The topological polar surface area (TPSA) is 69.7 Å². The van der Waals surface area contributed by atoms with Gasteiger partial charge in [0.15, 0.2) is 9.84 Å². The summed E-state index contributed by atoms with van der Waals surface area (Å²) >= 11 is 0. The molecule has 1 aromatic rings. The fourth-order valence-corrected chi connectivity index (χ4v) is 6.48. The average Bonchev–Trinajstić information content (AvgIpc) is 3.00. The molecule has 2 heterocycles. The molecule has 2 aliphatic rings. The Morgan fingerprint density at radius 3 is 2.34 bits per heavy atom. The van der Waals surface area contributed by atoms with Gasteiger partial charge in [-0.05, 0) is 42.9 Å². The first-order chi connectivity index (χ1) is 13.7. The van der Waals surface area contributed by atoms with Gasteiger partial charge in [-0.25, -0.2) is 8.42 Å². The zero-order valence-corrected chi connectivity index (χ0v) is 18.7. The van der Waals surface area contributed by atoms with Crippen molar-refractivity contribution in [2.75, 3.05) is 38.2 Å². The molecular formula is C22H35N3O3S. The van der Waals surface area contributed by atoms with Crippen LogP contribution in [0.15, 0.2) is 24.3 Å². The van der Waals surface area contributed by atoms with Gasteiger partial charge in [-0.2, -0.15) is 0 Å². The van der Waals surface area contributed by atoms with Crippen LogP contribution in [0.25, 0.3) is 0 Å². The van der Waals surface area contributed by atoms with Crippen LogP contribution in [-0.4, -0.2) is 68.4 Å². The molecular weight excluding hydrogens is 386 g/mol. The highest BCUT2D eigenvalue weighted by molar-refractivity contribution is 7.91. The molecule has 1 N–H and O–H groups in total. The Morgan fingerprint density at radius 1 is 1.14 bits per heavy atom. The van der Waals surface area contributed by atoms with Crippen LogP contribution in [0.5, 0.6) is 0 Å². The fraction of sp³-hybridized carbons (Fsp3) is 0.682. The molecule has 2 saturated heterocycles. The first-order valence-corrected chi connectivity index (χ1v) is 12.5. The number of likely N-dealkylation sites (tertiary alicyclic amines) is 1. The van der Waals surface area contributed by atoms with Crippen LogP contribution in [0.4, 0.5) is 0 Å². The minimum atomic E-state index is -2.93. The molecule has 7 heteroatoms. The van der Waals surface area contributed by atoms with Gasteiger partial charge >= 0.3 is 0 Å². The minimum Gasteiger partial charge on any atom is -0.351 e. The third-order valence-electron chi connectivity index (χ3n) is 6.09. The molecule has 3 unspecified atom stereocenters. The fourth-order valence-electron chi connectivity index (χ4n) is 4.68. The van der Waals surface area contributed by atoms with E-state index in [2.05, 4.69) is 48.3 Å². The van der Waals surface area contributed by atoms with Gasteiger partial charge in [-0.1, -0.05) is 38.1 Å². The van der Waals surface area contributed by atoms with E-state index in [9.17, 15) is 13.2 Å². The molecule has 2 fully saturated rings. The van der Waals surface area contributed by atoms with Crippen LogP contribution >= 0.6 is 0 Å². The van der Waals surface area contributed by atoms with E-state index in [-0.39, 0.29) is 30.0 Å². The number of carbonyl (C=O) groups excluding carboxylic acids is 1. The summed E-state index contributed by atoms with van der Waals surface area (Å²) in [5.74, 6) is 1.83. The summed E-state index contributed by atoms with van der Waals surface area (Å²) < 4.78 is 23.2. The van der Waals surface area contributed by atoms with E-state index in [0.717, 1.165) is 37.0 Å². The summed E-state index contributed by atoms with van der Waals surface area (Å²) in [6, 6.07) is 8.42. The molecule has 3 atom stereocenters. The van der Waals surface area contributed by atoms with Crippen LogP contribution < -0.4 is 5.32 Å². The highest BCUT2D eigenvalue weighted by Crippen LogP contribution is 2.22. The van der Waals surface area contributed by atoms with Gasteiger partial charge in [-0.15, -0.1) is 0 Å². The average molecular weight is 422 g/mol. The zero-order valence-electron chi connectivity index (χ0n) is 17.9. The monoisotopic (exact) mass is 421 g/mol. The lowest BCUT2D eigenvalue weighted by atomic mass is 9.91. The Morgan fingerprint density at radius 2 is 1.76 bits per heavy atom. The Hall–Kier alpha value is -1.44. The third-order valence-corrected chi connectivity index (χ3v) is 7.84. The predicted molar refractivity (Wildman–Crippen MR) is 116 cm³/mol. The second-order valence-corrected chi connectivity index (χ2v) is 11.4. The smallest absolute Gasteiger partial charge is 0.234 e. The maximum absolute atomic E-state index is 12.2. The summed E-state index contributed by atoms with van der Waals surface area (Å²) in [5.41, 5.74) is 2.39. The van der Waals surface area contributed by atoms with Crippen LogP contribution in [-0.2, 0) is 27.7 Å². The summed E-state index contributed by atoms with van der Waals surface area (Å²) in [7, 11) is -1.11. The van der Waals surface area contributed by atoms with E-state index >= 15 is 0 Å². The van der Waals surface area contributed by atoms with Gasteiger partial charge in [0, 0.05) is 32.2 Å². The van der Waals surface area contributed by atoms with Crippen LogP contribution in [0.3, 0.4) is 0 Å². The molecule has 0 aromatic heterocycles. The van der Waals surface area contributed by atoms with Gasteiger partial charge in [-0.3, -0.25) is 14.6 Å². The maximum Gasteiger partial charge on any atom is 0.234 e. The van der Waals surface area contributed by atoms with E-state index < -0.39 is 9.84 Å². The van der Waals surface area contributed by atoms with E-state index in [1.54, 1.807) is 0 Å². The predicted octanol–water partition coefficient (Wildman–Crippen LogP) is 1.90. The van der Waals surface area contributed by atoms with Crippen molar-refractivity contribution in [1.29, 1.82) is 0 Å². The molecule has 6 nitrogen and oxygen atoms in total. The van der Waals surface area contributed by atoms with Gasteiger partial charge < -0.3 is 5.32 Å². The first-order valence-electron chi connectivity index (χ1n) is 10.7. The SMILES string of the molecule is CC1CC(C)CN(Cc2ccc(CNC(=O)CN(C)C3CCS(=O)(=O)C3)cc2)C1. The molecule has 1 amide bonds. The van der Waals surface area contributed by atoms with E-state index in [1.807, 2.05) is 11.9 Å². The van der Waals surface area contributed by atoms with Crippen molar-refractivity contribution in [3.05, 3.63) is 35.4 Å². The number of piperidine rings is 1. The van der Waals surface area contributed by atoms with Crippen LogP contribution in [0.1, 0.15) is 37.8 Å². The van der Waals surface area contributed by atoms with Gasteiger partial charge in [0.05, 0.1) is 18.1 Å². The highest BCUT2D eigenvalue weighted by atomic mass is 32.2. The van der Waals surface area contributed by atoms with Gasteiger partial charge in [0.2, 0.25) is 5.91 Å². The number of amides is 1. The number of rotatable bonds is 7. The molecule has 29 heavy (non-hydrogen) atoms. The number of nitrogens with zero attached hydrogens (tertiary/aromatic N) is 2. The molecule has 0 aliphatic carbocycles. The van der Waals surface area contributed by atoms with Crippen LogP contribution in [0, 0.1) is 11.8 Å². The van der Waals surface area contributed by atoms with E-state index in [1.165, 1.54) is 12.0 Å². The normalized spacial score (nSPS) is 27.2. The Balaban J connectivity index is 1.42.